The van der Waals surface area contributed by atoms with Gasteiger partial charge in [-0.15, -0.1) is 0 Å². The number of nitro groups is 1. The minimum absolute atomic E-state index is 0.131. The van der Waals surface area contributed by atoms with Crippen LogP contribution in [0.5, 0.6) is 0 Å². The highest BCUT2D eigenvalue weighted by Crippen LogP contribution is 2.34. The van der Waals surface area contributed by atoms with Crippen LogP contribution in [-0.4, -0.2) is 20.6 Å². The standard InChI is InChI=1S/C20H17F4N5O3/c1-11(2)18-15(10-25-28(18)14-6-4-13(21)5-7-14)19(30)27-26-16-8-3-12(20(22,23)24)9-17(16)29(31)32/h3-11,26H,1-2H3,(H,27,30). The van der Waals surface area contributed by atoms with Gasteiger partial charge in [-0.2, -0.15) is 18.3 Å². The summed E-state index contributed by atoms with van der Waals surface area (Å²) in [4.78, 5) is 22.9. The van der Waals surface area contributed by atoms with Gasteiger partial charge in [-0.3, -0.25) is 25.8 Å². The van der Waals surface area contributed by atoms with E-state index in [0.717, 1.165) is 6.07 Å². The third-order valence-electron chi connectivity index (χ3n) is 4.50. The molecule has 168 valence electrons. The van der Waals surface area contributed by atoms with Crippen LogP contribution in [0.2, 0.25) is 0 Å². The first-order chi connectivity index (χ1) is 15.0. The van der Waals surface area contributed by atoms with E-state index in [1.54, 1.807) is 0 Å². The highest BCUT2D eigenvalue weighted by molar-refractivity contribution is 5.96. The zero-order valence-electron chi connectivity index (χ0n) is 16.8. The quantitative estimate of drug-likeness (QED) is 0.318. The Labute approximate surface area is 179 Å². The van der Waals surface area contributed by atoms with Gasteiger partial charge in [0.2, 0.25) is 0 Å². The smallest absolute Gasteiger partial charge is 0.292 e. The van der Waals surface area contributed by atoms with Gasteiger partial charge in [0.1, 0.15) is 11.5 Å². The highest BCUT2D eigenvalue weighted by atomic mass is 19.4. The molecule has 1 heterocycles. The van der Waals surface area contributed by atoms with E-state index < -0.39 is 34.1 Å². The maximum Gasteiger partial charge on any atom is 0.416 e. The van der Waals surface area contributed by atoms with Crippen LogP contribution in [0.15, 0.2) is 48.7 Å². The first-order valence-electron chi connectivity index (χ1n) is 9.25. The molecule has 2 N–H and O–H groups in total. The lowest BCUT2D eigenvalue weighted by Gasteiger charge is -2.14. The number of amides is 1. The minimum atomic E-state index is -4.76. The Morgan fingerprint density at radius 3 is 2.38 bits per heavy atom. The number of carbonyl (C=O) groups is 1. The highest BCUT2D eigenvalue weighted by Gasteiger charge is 2.33. The SMILES string of the molecule is CC(C)c1c(C(=O)NNc2ccc(C(F)(F)F)cc2[N+](=O)[O-])cnn1-c1ccc(F)cc1. The summed E-state index contributed by atoms with van der Waals surface area (Å²) in [6.45, 7) is 3.61. The number of alkyl halides is 3. The van der Waals surface area contributed by atoms with Crippen molar-refractivity contribution in [3.8, 4) is 5.69 Å². The number of rotatable bonds is 6. The minimum Gasteiger partial charge on any atom is -0.292 e. The van der Waals surface area contributed by atoms with E-state index in [0.29, 0.717) is 23.5 Å². The van der Waals surface area contributed by atoms with Crippen molar-refractivity contribution >= 4 is 17.3 Å². The van der Waals surface area contributed by atoms with E-state index in [1.807, 2.05) is 13.8 Å². The molecule has 0 aliphatic carbocycles. The van der Waals surface area contributed by atoms with Gasteiger partial charge >= 0.3 is 6.18 Å². The maximum atomic E-state index is 13.2. The van der Waals surface area contributed by atoms with Crippen LogP contribution in [0.4, 0.5) is 28.9 Å². The fourth-order valence-corrected chi connectivity index (χ4v) is 3.03. The second kappa shape index (κ2) is 8.65. The molecule has 3 rings (SSSR count). The summed E-state index contributed by atoms with van der Waals surface area (Å²) in [7, 11) is 0. The molecule has 0 saturated carbocycles. The fourth-order valence-electron chi connectivity index (χ4n) is 3.03. The van der Waals surface area contributed by atoms with Crippen molar-refractivity contribution in [1.29, 1.82) is 0 Å². The van der Waals surface area contributed by atoms with E-state index in [9.17, 15) is 32.5 Å². The number of carbonyl (C=O) groups excluding carboxylic acids is 1. The Balaban J connectivity index is 1.87. The molecule has 8 nitrogen and oxygen atoms in total. The predicted octanol–water partition coefficient (Wildman–Crippen LogP) is 4.82. The number of nitrogens with zero attached hydrogens (tertiary/aromatic N) is 3. The Bertz CT molecular complexity index is 1160. The van der Waals surface area contributed by atoms with Crippen LogP contribution in [0.3, 0.4) is 0 Å². The molecule has 0 atom stereocenters. The van der Waals surface area contributed by atoms with Crippen LogP contribution in [0.1, 0.15) is 41.4 Å². The lowest BCUT2D eigenvalue weighted by Crippen LogP contribution is -2.30. The number of nitrogens with one attached hydrogen (secondary N) is 2. The third kappa shape index (κ3) is 4.68. The van der Waals surface area contributed by atoms with Crippen LogP contribution < -0.4 is 10.9 Å². The van der Waals surface area contributed by atoms with Gasteiger partial charge in [-0.1, -0.05) is 13.8 Å². The van der Waals surface area contributed by atoms with Gasteiger partial charge in [-0.25, -0.2) is 9.07 Å². The lowest BCUT2D eigenvalue weighted by atomic mass is 10.1. The molecule has 32 heavy (non-hydrogen) atoms. The molecule has 2 aromatic carbocycles. The van der Waals surface area contributed by atoms with Crippen molar-refractivity contribution in [2.24, 2.45) is 0 Å². The molecule has 0 unspecified atom stereocenters. The molecule has 1 amide bonds. The number of anilines is 1. The van der Waals surface area contributed by atoms with Crippen molar-refractivity contribution in [3.63, 3.8) is 0 Å². The largest absolute Gasteiger partial charge is 0.416 e. The first-order valence-corrected chi connectivity index (χ1v) is 9.25. The second-order valence-corrected chi connectivity index (χ2v) is 7.05. The molecule has 1 aromatic heterocycles. The van der Waals surface area contributed by atoms with Crippen molar-refractivity contribution < 1.29 is 27.3 Å². The monoisotopic (exact) mass is 451 g/mol. The number of aromatic nitrogens is 2. The van der Waals surface area contributed by atoms with Gasteiger partial charge in [0.05, 0.1) is 33.6 Å². The van der Waals surface area contributed by atoms with Crippen LogP contribution in [0, 0.1) is 15.9 Å². The lowest BCUT2D eigenvalue weighted by molar-refractivity contribution is -0.384. The first kappa shape index (κ1) is 22.7. The number of benzene rings is 2. The van der Waals surface area contributed by atoms with Gasteiger partial charge < -0.3 is 0 Å². The molecular weight excluding hydrogens is 434 g/mol. The van der Waals surface area contributed by atoms with Gasteiger partial charge in [0.15, 0.2) is 0 Å². The third-order valence-corrected chi connectivity index (χ3v) is 4.50. The maximum absolute atomic E-state index is 13.2. The summed E-state index contributed by atoms with van der Waals surface area (Å²) in [5.74, 6) is -1.34. The zero-order valence-corrected chi connectivity index (χ0v) is 16.8. The van der Waals surface area contributed by atoms with Crippen molar-refractivity contribution in [2.45, 2.75) is 25.9 Å². The molecule has 0 radical (unpaired) electrons. The normalized spacial score (nSPS) is 11.5. The molecular formula is C20H17F4N5O3. The van der Waals surface area contributed by atoms with Gasteiger partial charge in [0.25, 0.3) is 11.6 Å². The summed E-state index contributed by atoms with van der Waals surface area (Å²) in [6, 6.07) is 7.35. The zero-order chi connectivity index (χ0) is 23.6. The molecule has 0 spiro atoms. The molecule has 0 fully saturated rings. The van der Waals surface area contributed by atoms with E-state index in [2.05, 4.69) is 16.0 Å². The number of hydrogen-bond donors (Lipinski definition) is 2. The average Bonchev–Trinajstić information content (AvgIpc) is 3.17. The number of nitro benzene ring substituents is 1. The summed E-state index contributed by atoms with van der Waals surface area (Å²) < 4.78 is 53.2. The topological polar surface area (TPSA) is 102 Å². The molecule has 0 bridgehead atoms. The predicted molar refractivity (Wildman–Crippen MR) is 107 cm³/mol. The van der Waals surface area contributed by atoms with E-state index >= 15 is 0 Å². The van der Waals surface area contributed by atoms with Crippen LogP contribution in [0.25, 0.3) is 5.69 Å². The van der Waals surface area contributed by atoms with Crippen LogP contribution in [-0.2, 0) is 6.18 Å². The van der Waals surface area contributed by atoms with E-state index in [4.69, 9.17) is 0 Å². The van der Waals surface area contributed by atoms with E-state index in [1.165, 1.54) is 35.1 Å². The van der Waals surface area contributed by atoms with Crippen molar-refractivity contribution in [1.82, 2.24) is 15.2 Å². The molecule has 0 aliphatic rings. The van der Waals surface area contributed by atoms with Crippen molar-refractivity contribution in [3.05, 3.63) is 81.4 Å². The summed E-state index contributed by atoms with van der Waals surface area (Å²) >= 11 is 0. The Hall–Kier alpha value is -3.96. The van der Waals surface area contributed by atoms with Crippen molar-refractivity contribution in [2.75, 3.05) is 5.43 Å². The number of halogens is 4. The Kier molecular flexibility index (Phi) is 6.14. The van der Waals surface area contributed by atoms with Gasteiger partial charge in [0, 0.05) is 6.07 Å². The molecule has 3 aromatic rings. The molecule has 12 heteroatoms. The summed E-state index contributed by atoms with van der Waals surface area (Å²) in [5.41, 5.74) is 3.31. The second-order valence-electron chi connectivity index (χ2n) is 7.05. The van der Waals surface area contributed by atoms with Crippen LogP contribution >= 0.6 is 0 Å². The van der Waals surface area contributed by atoms with Gasteiger partial charge in [-0.05, 0) is 42.3 Å². The Morgan fingerprint density at radius 2 is 1.81 bits per heavy atom. The number of hydrogen-bond acceptors (Lipinski definition) is 5. The average molecular weight is 451 g/mol. The van der Waals surface area contributed by atoms with E-state index in [-0.39, 0.29) is 17.2 Å². The fraction of sp³-hybridized carbons (Fsp3) is 0.200. The summed E-state index contributed by atoms with van der Waals surface area (Å²) in [5, 5.41) is 15.4. The molecule has 0 saturated heterocycles. The summed E-state index contributed by atoms with van der Waals surface area (Å²) in [6.07, 6.45) is -3.48. The number of hydrazine groups is 1. The molecule has 0 aliphatic heterocycles. The Morgan fingerprint density at radius 1 is 1.16 bits per heavy atom.